The fourth-order valence-electron chi connectivity index (χ4n) is 1.60. The highest BCUT2D eigenvalue weighted by atomic mass is 16.5. The van der Waals surface area contributed by atoms with Crippen molar-refractivity contribution in [3.8, 4) is 0 Å². The van der Waals surface area contributed by atoms with Gasteiger partial charge in [-0.1, -0.05) is 0 Å². The normalized spacial score (nSPS) is 17.6. The quantitative estimate of drug-likeness (QED) is 0.700. The van der Waals surface area contributed by atoms with E-state index in [-0.39, 0.29) is 18.4 Å². The molecule has 0 saturated carbocycles. The lowest BCUT2D eigenvalue weighted by Crippen LogP contribution is -2.51. The van der Waals surface area contributed by atoms with E-state index in [9.17, 15) is 9.59 Å². The molecule has 1 aliphatic heterocycles. The summed E-state index contributed by atoms with van der Waals surface area (Å²) in [5.41, 5.74) is 0. The summed E-state index contributed by atoms with van der Waals surface area (Å²) < 4.78 is 10.1. The lowest BCUT2D eigenvalue weighted by Gasteiger charge is -2.29. The number of nitrogens with zero attached hydrogens (tertiary/aromatic N) is 1. The number of morpholine rings is 1. The van der Waals surface area contributed by atoms with Gasteiger partial charge < -0.3 is 19.7 Å². The van der Waals surface area contributed by atoms with Crippen LogP contribution in [-0.2, 0) is 19.1 Å². The lowest BCUT2D eigenvalue weighted by molar-refractivity contribution is -0.140. The van der Waals surface area contributed by atoms with Gasteiger partial charge in [0, 0.05) is 19.7 Å². The zero-order valence-electron chi connectivity index (χ0n) is 10.4. The second-order valence-electron chi connectivity index (χ2n) is 3.86. The van der Waals surface area contributed by atoms with Crippen LogP contribution in [0, 0.1) is 0 Å². The molecule has 0 aromatic rings. The van der Waals surface area contributed by atoms with Crippen molar-refractivity contribution >= 4 is 11.8 Å². The first kappa shape index (κ1) is 13.9. The molecule has 1 rings (SSSR count). The standard InChI is InChI=1S/C11H20N2O4/c1-3-16-8-10(14)12-9(2)11(15)13-4-6-17-7-5-13/h9H,3-8H2,1-2H3,(H,12,14). The predicted molar refractivity (Wildman–Crippen MR) is 61.5 cm³/mol. The van der Waals surface area contributed by atoms with E-state index in [4.69, 9.17) is 9.47 Å². The fourth-order valence-corrected chi connectivity index (χ4v) is 1.60. The average molecular weight is 244 g/mol. The number of hydrogen-bond donors (Lipinski definition) is 1. The molecular formula is C11H20N2O4. The molecule has 0 aromatic carbocycles. The maximum atomic E-state index is 11.9. The Kier molecular flexibility index (Phi) is 5.93. The SMILES string of the molecule is CCOCC(=O)NC(C)C(=O)N1CCOCC1. The van der Waals surface area contributed by atoms with Crippen molar-refractivity contribution in [2.24, 2.45) is 0 Å². The summed E-state index contributed by atoms with van der Waals surface area (Å²) in [5.74, 6) is -0.334. The van der Waals surface area contributed by atoms with Gasteiger partial charge in [0.15, 0.2) is 0 Å². The predicted octanol–water partition coefficient (Wildman–Crippen LogP) is -0.614. The van der Waals surface area contributed by atoms with Crippen LogP contribution < -0.4 is 5.32 Å². The molecule has 17 heavy (non-hydrogen) atoms. The molecule has 0 aromatic heterocycles. The summed E-state index contributed by atoms with van der Waals surface area (Å²) in [6.07, 6.45) is 0. The van der Waals surface area contributed by atoms with E-state index in [1.807, 2.05) is 6.92 Å². The molecule has 0 bridgehead atoms. The number of rotatable bonds is 5. The summed E-state index contributed by atoms with van der Waals surface area (Å²) in [5, 5.41) is 2.62. The molecule has 6 heteroatoms. The van der Waals surface area contributed by atoms with Crippen LogP contribution in [0.5, 0.6) is 0 Å². The minimum absolute atomic E-state index is 0.00275. The molecule has 1 aliphatic rings. The van der Waals surface area contributed by atoms with Crippen LogP contribution in [0.15, 0.2) is 0 Å². The number of nitrogens with one attached hydrogen (secondary N) is 1. The van der Waals surface area contributed by atoms with Crippen LogP contribution in [0.2, 0.25) is 0 Å². The van der Waals surface area contributed by atoms with E-state index in [2.05, 4.69) is 5.32 Å². The smallest absolute Gasteiger partial charge is 0.246 e. The summed E-state index contributed by atoms with van der Waals surface area (Å²) in [7, 11) is 0. The van der Waals surface area contributed by atoms with E-state index < -0.39 is 6.04 Å². The zero-order chi connectivity index (χ0) is 12.7. The summed E-state index contributed by atoms with van der Waals surface area (Å²) in [4.78, 5) is 25.0. The Morgan fingerprint density at radius 1 is 1.41 bits per heavy atom. The van der Waals surface area contributed by atoms with Gasteiger partial charge in [-0.3, -0.25) is 9.59 Å². The van der Waals surface area contributed by atoms with Crippen molar-refractivity contribution in [1.82, 2.24) is 10.2 Å². The van der Waals surface area contributed by atoms with E-state index in [1.165, 1.54) is 0 Å². The number of hydrogen-bond acceptors (Lipinski definition) is 4. The third-order valence-corrected chi connectivity index (χ3v) is 2.51. The topological polar surface area (TPSA) is 67.9 Å². The van der Waals surface area contributed by atoms with Crippen molar-refractivity contribution in [3.63, 3.8) is 0 Å². The van der Waals surface area contributed by atoms with Crippen molar-refractivity contribution in [3.05, 3.63) is 0 Å². The van der Waals surface area contributed by atoms with Crippen LogP contribution in [-0.4, -0.2) is 62.3 Å². The van der Waals surface area contributed by atoms with E-state index in [0.717, 1.165) is 0 Å². The minimum atomic E-state index is -0.513. The first-order valence-corrected chi connectivity index (χ1v) is 5.88. The Bertz CT molecular complexity index is 264. The van der Waals surface area contributed by atoms with Gasteiger partial charge in [0.2, 0.25) is 11.8 Å². The number of carbonyl (C=O) groups excluding carboxylic acids is 2. The Labute approximate surface area is 101 Å². The molecule has 0 radical (unpaired) electrons. The minimum Gasteiger partial charge on any atom is -0.378 e. The van der Waals surface area contributed by atoms with Crippen molar-refractivity contribution in [1.29, 1.82) is 0 Å². The molecule has 1 heterocycles. The van der Waals surface area contributed by atoms with E-state index >= 15 is 0 Å². The molecule has 2 amide bonds. The maximum Gasteiger partial charge on any atom is 0.246 e. The Morgan fingerprint density at radius 3 is 2.65 bits per heavy atom. The fraction of sp³-hybridized carbons (Fsp3) is 0.818. The summed E-state index contributed by atoms with van der Waals surface area (Å²) in [6.45, 7) is 6.28. The van der Waals surface area contributed by atoms with Crippen molar-refractivity contribution in [2.75, 3.05) is 39.5 Å². The van der Waals surface area contributed by atoms with Crippen LogP contribution in [0.1, 0.15) is 13.8 Å². The highest BCUT2D eigenvalue weighted by molar-refractivity contribution is 5.87. The molecule has 1 fully saturated rings. The highest BCUT2D eigenvalue weighted by Crippen LogP contribution is 2.00. The Balaban J connectivity index is 2.32. The molecule has 98 valence electrons. The van der Waals surface area contributed by atoms with Crippen LogP contribution >= 0.6 is 0 Å². The van der Waals surface area contributed by atoms with Gasteiger partial charge in [0.1, 0.15) is 12.6 Å². The summed E-state index contributed by atoms with van der Waals surface area (Å²) >= 11 is 0. The highest BCUT2D eigenvalue weighted by Gasteiger charge is 2.23. The number of amides is 2. The Hall–Kier alpha value is -1.14. The molecule has 1 N–H and O–H groups in total. The molecule has 0 aliphatic carbocycles. The van der Waals surface area contributed by atoms with Gasteiger partial charge in [-0.25, -0.2) is 0 Å². The third-order valence-electron chi connectivity index (χ3n) is 2.51. The van der Waals surface area contributed by atoms with Gasteiger partial charge in [-0.15, -0.1) is 0 Å². The molecule has 6 nitrogen and oxygen atoms in total. The van der Waals surface area contributed by atoms with Gasteiger partial charge in [-0.2, -0.15) is 0 Å². The monoisotopic (exact) mass is 244 g/mol. The van der Waals surface area contributed by atoms with Crippen molar-refractivity contribution in [2.45, 2.75) is 19.9 Å². The largest absolute Gasteiger partial charge is 0.378 e. The van der Waals surface area contributed by atoms with Crippen LogP contribution in [0.3, 0.4) is 0 Å². The zero-order valence-corrected chi connectivity index (χ0v) is 10.4. The van der Waals surface area contributed by atoms with Gasteiger partial charge >= 0.3 is 0 Å². The Morgan fingerprint density at radius 2 is 2.06 bits per heavy atom. The lowest BCUT2D eigenvalue weighted by atomic mass is 10.2. The number of ether oxygens (including phenoxy) is 2. The second kappa shape index (κ2) is 7.24. The van der Waals surface area contributed by atoms with Crippen LogP contribution in [0.25, 0.3) is 0 Å². The molecular weight excluding hydrogens is 224 g/mol. The first-order valence-electron chi connectivity index (χ1n) is 5.88. The van der Waals surface area contributed by atoms with Gasteiger partial charge in [-0.05, 0) is 13.8 Å². The third kappa shape index (κ3) is 4.70. The molecule has 1 saturated heterocycles. The van der Waals surface area contributed by atoms with E-state index in [1.54, 1.807) is 11.8 Å². The summed E-state index contributed by atoms with van der Waals surface area (Å²) in [6, 6.07) is -0.513. The molecule has 1 atom stereocenters. The van der Waals surface area contributed by atoms with E-state index in [0.29, 0.717) is 32.9 Å². The molecule has 0 spiro atoms. The second-order valence-corrected chi connectivity index (χ2v) is 3.86. The van der Waals surface area contributed by atoms with Crippen molar-refractivity contribution < 1.29 is 19.1 Å². The molecule has 1 unspecified atom stereocenters. The van der Waals surface area contributed by atoms with Gasteiger partial charge in [0.25, 0.3) is 0 Å². The first-order chi connectivity index (χ1) is 8.15. The van der Waals surface area contributed by atoms with Crippen LogP contribution in [0.4, 0.5) is 0 Å². The van der Waals surface area contributed by atoms with Gasteiger partial charge in [0.05, 0.1) is 13.2 Å². The average Bonchev–Trinajstić information content (AvgIpc) is 2.36. The maximum absolute atomic E-state index is 11.9. The number of carbonyl (C=O) groups is 2.